The molecule has 4 rings (SSSR count). The van der Waals surface area contributed by atoms with E-state index in [4.69, 9.17) is 10.5 Å². The Morgan fingerprint density at radius 1 is 1.15 bits per heavy atom. The number of aromatic nitrogens is 7. The minimum absolute atomic E-state index is 0.420. The molecule has 0 unspecified atom stereocenters. The van der Waals surface area contributed by atoms with Crippen molar-refractivity contribution in [2.45, 2.75) is 13.0 Å². The van der Waals surface area contributed by atoms with Crippen LogP contribution >= 0.6 is 0 Å². The van der Waals surface area contributed by atoms with Gasteiger partial charge >= 0.3 is 0 Å². The number of rotatable bonds is 4. The van der Waals surface area contributed by atoms with Gasteiger partial charge in [0.05, 0.1) is 29.7 Å². The summed E-state index contributed by atoms with van der Waals surface area (Å²) in [5, 5.41) is 36.8. The first-order valence-electron chi connectivity index (χ1n) is 7.96. The highest BCUT2D eigenvalue weighted by atomic mass is 15.3. The molecule has 130 valence electrons. The number of aromatic amines is 1. The second-order valence-corrected chi connectivity index (χ2v) is 5.74. The standard InChI is InChI=1S/C17H12N10/c1-10(4-18)24-14-3-16(20-8-13(14)15-9-22-26-25-15)27-17-12(7-23-27)2-11(5-19)6-21-17/h2-3,6-10H,1H3,(H,20,24)(H,22,25,26)/t10-/m1/s1. The zero-order chi connectivity index (χ0) is 18.8. The van der Waals surface area contributed by atoms with Gasteiger partial charge in [-0.1, -0.05) is 0 Å². The molecule has 0 aromatic carbocycles. The highest BCUT2D eigenvalue weighted by Crippen LogP contribution is 2.28. The van der Waals surface area contributed by atoms with Crippen molar-refractivity contribution in [1.82, 2.24) is 35.2 Å². The minimum Gasteiger partial charge on any atom is -0.369 e. The molecule has 0 aliphatic carbocycles. The van der Waals surface area contributed by atoms with Crippen molar-refractivity contribution in [1.29, 1.82) is 10.5 Å². The summed E-state index contributed by atoms with van der Waals surface area (Å²) in [5.74, 6) is 0.516. The zero-order valence-corrected chi connectivity index (χ0v) is 14.1. The summed E-state index contributed by atoms with van der Waals surface area (Å²) in [4.78, 5) is 8.76. The zero-order valence-electron chi connectivity index (χ0n) is 14.1. The van der Waals surface area contributed by atoms with Crippen LogP contribution in [0.1, 0.15) is 12.5 Å². The highest BCUT2D eigenvalue weighted by Gasteiger charge is 2.15. The van der Waals surface area contributed by atoms with Crippen molar-refractivity contribution in [2.24, 2.45) is 0 Å². The Morgan fingerprint density at radius 3 is 2.78 bits per heavy atom. The lowest BCUT2D eigenvalue weighted by molar-refractivity contribution is 0.862. The fourth-order valence-electron chi connectivity index (χ4n) is 2.63. The van der Waals surface area contributed by atoms with Crippen LogP contribution in [0.15, 0.2) is 36.9 Å². The third-order valence-corrected chi connectivity index (χ3v) is 3.90. The Hall–Kier alpha value is -4.31. The first kappa shape index (κ1) is 16.2. The number of nitriles is 2. The van der Waals surface area contributed by atoms with Gasteiger partial charge in [-0.05, 0) is 13.0 Å². The van der Waals surface area contributed by atoms with Crippen molar-refractivity contribution < 1.29 is 0 Å². The summed E-state index contributed by atoms with van der Waals surface area (Å²) in [6.45, 7) is 1.75. The van der Waals surface area contributed by atoms with E-state index >= 15 is 0 Å². The smallest absolute Gasteiger partial charge is 0.164 e. The fraction of sp³-hybridized carbons (Fsp3) is 0.118. The van der Waals surface area contributed by atoms with E-state index < -0.39 is 6.04 Å². The monoisotopic (exact) mass is 356 g/mol. The number of hydrogen-bond acceptors (Lipinski definition) is 8. The molecule has 0 amide bonds. The molecule has 0 radical (unpaired) electrons. The summed E-state index contributed by atoms with van der Waals surface area (Å²) >= 11 is 0. The molecule has 0 saturated heterocycles. The lowest BCUT2D eigenvalue weighted by Crippen LogP contribution is -2.14. The Labute approximate surface area is 153 Å². The van der Waals surface area contributed by atoms with E-state index in [0.29, 0.717) is 34.0 Å². The van der Waals surface area contributed by atoms with Gasteiger partial charge in [0.15, 0.2) is 11.5 Å². The van der Waals surface area contributed by atoms with Gasteiger partial charge < -0.3 is 5.32 Å². The molecule has 0 fully saturated rings. The van der Waals surface area contributed by atoms with E-state index in [9.17, 15) is 0 Å². The van der Waals surface area contributed by atoms with Crippen LogP contribution in [0.4, 0.5) is 5.69 Å². The number of pyridine rings is 2. The molecule has 10 nitrogen and oxygen atoms in total. The van der Waals surface area contributed by atoms with Crippen LogP contribution in [0.3, 0.4) is 0 Å². The molecule has 4 aromatic heterocycles. The molecule has 0 aliphatic heterocycles. The van der Waals surface area contributed by atoms with Crippen LogP contribution in [0, 0.1) is 22.7 Å². The third kappa shape index (κ3) is 2.92. The van der Waals surface area contributed by atoms with Gasteiger partial charge in [-0.3, -0.25) is 0 Å². The molecule has 4 heterocycles. The summed E-state index contributed by atoms with van der Waals surface area (Å²) in [7, 11) is 0. The van der Waals surface area contributed by atoms with Crippen LogP contribution in [0.5, 0.6) is 0 Å². The predicted molar refractivity (Wildman–Crippen MR) is 95.4 cm³/mol. The summed E-state index contributed by atoms with van der Waals surface area (Å²) in [6.07, 6.45) is 6.33. The maximum Gasteiger partial charge on any atom is 0.164 e. The second kappa shape index (κ2) is 6.54. The van der Waals surface area contributed by atoms with Gasteiger partial charge in [0, 0.05) is 29.4 Å². The Morgan fingerprint density at radius 2 is 2.04 bits per heavy atom. The summed E-state index contributed by atoms with van der Waals surface area (Å²) < 4.78 is 1.57. The van der Waals surface area contributed by atoms with Gasteiger partial charge in [0.25, 0.3) is 0 Å². The predicted octanol–water partition coefficient (Wildman–Crippen LogP) is 1.80. The first-order valence-corrected chi connectivity index (χ1v) is 7.96. The van der Waals surface area contributed by atoms with Crippen molar-refractivity contribution in [2.75, 3.05) is 5.32 Å². The van der Waals surface area contributed by atoms with Crippen molar-refractivity contribution in [3.8, 4) is 29.2 Å². The lowest BCUT2D eigenvalue weighted by Gasteiger charge is -2.13. The van der Waals surface area contributed by atoms with Gasteiger partial charge in [-0.15, -0.1) is 0 Å². The van der Waals surface area contributed by atoms with Gasteiger partial charge in [0.1, 0.15) is 17.8 Å². The molecule has 27 heavy (non-hydrogen) atoms. The molecule has 2 N–H and O–H groups in total. The number of H-pyrrole nitrogens is 1. The molecule has 1 atom stereocenters. The largest absolute Gasteiger partial charge is 0.369 e. The molecular weight excluding hydrogens is 344 g/mol. The van der Waals surface area contributed by atoms with E-state index in [-0.39, 0.29) is 0 Å². The van der Waals surface area contributed by atoms with E-state index in [1.165, 1.54) is 6.20 Å². The van der Waals surface area contributed by atoms with Crippen LogP contribution in [-0.2, 0) is 0 Å². The Kier molecular flexibility index (Phi) is 3.92. The van der Waals surface area contributed by atoms with Crippen molar-refractivity contribution in [3.05, 3.63) is 42.5 Å². The molecule has 0 bridgehead atoms. The van der Waals surface area contributed by atoms with Crippen LogP contribution < -0.4 is 5.32 Å². The lowest BCUT2D eigenvalue weighted by atomic mass is 10.1. The average Bonchev–Trinajstić information content (AvgIpc) is 3.37. The Balaban J connectivity index is 1.84. The van der Waals surface area contributed by atoms with E-state index in [2.05, 4.69) is 47.9 Å². The summed E-state index contributed by atoms with van der Waals surface area (Å²) in [5.41, 5.74) is 3.01. The number of hydrogen-bond donors (Lipinski definition) is 2. The third-order valence-electron chi connectivity index (χ3n) is 3.90. The number of nitrogens with zero attached hydrogens (tertiary/aromatic N) is 8. The van der Waals surface area contributed by atoms with Gasteiger partial charge in [0.2, 0.25) is 0 Å². The second-order valence-electron chi connectivity index (χ2n) is 5.74. The number of nitrogens with one attached hydrogen (secondary N) is 2. The average molecular weight is 356 g/mol. The van der Waals surface area contributed by atoms with Crippen LogP contribution in [0.2, 0.25) is 0 Å². The quantitative estimate of drug-likeness (QED) is 0.563. The van der Waals surface area contributed by atoms with E-state index in [1.807, 2.05) is 0 Å². The maximum absolute atomic E-state index is 9.15. The minimum atomic E-state index is -0.420. The summed E-state index contributed by atoms with van der Waals surface area (Å²) in [6, 6.07) is 7.26. The number of fused-ring (bicyclic) bond motifs is 1. The molecule has 10 heteroatoms. The van der Waals surface area contributed by atoms with Crippen molar-refractivity contribution >= 4 is 16.7 Å². The van der Waals surface area contributed by atoms with Crippen LogP contribution in [0.25, 0.3) is 28.1 Å². The van der Waals surface area contributed by atoms with Crippen molar-refractivity contribution in [3.63, 3.8) is 0 Å². The topological polar surface area (TPSA) is 145 Å². The maximum atomic E-state index is 9.15. The Bertz CT molecular complexity index is 1190. The SMILES string of the molecule is C[C@H](C#N)Nc1cc(-n2ncc3cc(C#N)cnc32)ncc1-c1cn[nH]n1. The van der Waals surface area contributed by atoms with Gasteiger partial charge in [-0.25, -0.2) is 9.97 Å². The normalized spacial score (nSPS) is 11.7. The molecule has 4 aromatic rings. The van der Waals surface area contributed by atoms with E-state index in [0.717, 1.165) is 5.39 Å². The molecule has 0 saturated carbocycles. The molecular formula is C17H12N10. The molecule has 0 aliphatic rings. The van der Waals surface area contributed by atoms with E-state index in [1.54, 1.807) is 42.3 Å². The number of anilines is 1. The first-order chi connectivity index (χ1) is 13.2. The van der Waals surface area contributed by atoms with Gasteiger partial charge in [-0.2, -0.15) is 35.7 Å². The van der Waals surface area contributed by atoms with Crippen LogP contribution in [-0.4, -0.2) is 41.2 Å². The highest BCUT2D eigenvalue weighted by molar-refractivity contribution is 5.79. The molecule has 0 spiro atoms. The fourth-order valence-corrected chi connectivity index (χ4v) is 2.63.